The van der Waals surface area contributed by atoms with Gasteiger partial charge in [-0.05, 0) is 48.7 Å². The predicted octanol–water partition coefficient (Wildman–Crippen LogP) is 3.44. The van der Waals surface area contributed by atoms with Crippen molar-refractivity contribution in [3.8, 4) is 0 Å². The quantitative estimate of drug-likeness (QED) is 0.786. The van der Waals surface area contributed by atoms with Crippen LogP contribution in [0.15, 0.2) is 48.8 Å². The molecule has 0 saturated heterocycles. The summed E-state index contributed by atoms with van der Waals surface area (Å²) >= 11 is 0. The van der Waals surface area contributed by atoms with Crippen LogP contribution in [0, 0.1) is 12.7 Å². The molecule has 3 aromatic rings. The Morgan fingerprint density at radius 2 is 2.15 bits per heavy atom. The Bertz CT molecular complexity index is 733. The highest BCUT2D eigenvalue weighted by Gasteiger charge is 2.02. The van der Waals surface area contributed by atoms with Crippen molar-refractivity contribution in [2.75, 3.05) is 11.9 Å². The predicted molar refractivity (Wildman–Crippen MR) is 78.5 cm³/mol. The molecule has 2 aromatic heterocycles. The Labute approximate surface area is 117 Å². The number of aromatic nitrogens is 2. The minimum Gasteiger partial charge on any atom is -0.371 e. The van der Waals surface area contributed by atoms with Gasteiger partial charge in [0.2, 0.25) is 0 Å². The fourth-order valence-electron chi connectivity index (χ4n) is 2.36. The van der Waals surface area contributed by atoms with Gasteiger partial charge < -0.3 is 5.32 Å². The van der Waals surface area contributed by atoms with E-state index in [1.54, 1.807) is 12.3 Å². The van der Waals surface area contributed by atoms with Gasteiger partial charge in [-0.1, -0.05) is 12.1 Å². The molecule has 1 aromatic carbocycles. The van der Waals surface area contributed by atoms with E-state index in [0.29, 0.717) is 0 Å². The fraction of sp³-hybridized carbons (Fsp3) is 0.188. The van der Waals surface area contributed by atoms with Crippen molar-refractivity contribution < 1.29 is 4.39 Å². The van der Waals surface area contributed by atoms with Crippen LogP contribution in [0.25, 0.3) is 5.65 Å². The summed E-state index contributed by atoms with van der Waals surface area (Å²) in [5.41, 5.74) is 3.08. The standard InChI is InChI=1S/C16H16FN3/c1-12-11-14(17)6-5-13(12)7-8-18-15-3-2-4-16-19-9-10-20(15)16/h2-6,9-11,18H,7-8H2,1H3. The Balaban J connectivity index is 1.69. The molecule has 0 fully saturated rings. The molecule has 4 heteroatoms. The molecule has 1 N–H and O–H groups in total. The van der Waals surface area contributed by atoms with E-state index in [1.807, 2.05) is 41.8 Å². The lowest BCUT2D eigenvalue weighted by Crippen LogP contribution is -2.08. The molecule has 20 heavy (non-hydrogen) atoms. The van der Waals surface area contributed by atoms with Crippen molar-refractivity contribution in [1.29, 1.82) is 0 Å². The summed E-state index contributed by atoms with van der Waals surface area (Å²) in [4.78, 5) is 4.25. The van der Waals surface area contributed by atoms with Gasteiger partial charge in [-0.2, -0.15) is 0 Å². The number of imidazole rings is 1. The number of fused-ring (bicyclic) bond motifs is 1. The van der Waals surface area contributed by atoms with Crippen LogP contribution in [0.5, 0.6) is 0 Å². The minimum atomic E-state index is -0.178. The maximum absolute atomic E-state index is 13.0. The number of aryl methyl sites for hydroxylation is 1. The van der Waals surface area contributed by atoms with E-state index < -0.39 is 0 Å². The molecule has 0 aliphatic rings. The zero-order valence-electron chi connectivity index (χ0n) is 11.3. The monoisotopic (exact) mass is 269 g/mol. The second-order valence-corrected chi connectivity index (χ2v) is 4.81. The first kappa shape index (κ1) is 12.7. The molecule has 102 valence electrons. The number of pyridine rings is 1. The van der Waals surface area contributed by atoms with Gasteiger partial charge >= 0.3 is 0 Å². The number of benzene rings is 1. The molecule has 0 saturated carbocycles. The molecule has 0 aliphatic carbocycles. The van der Waals surface area contributed by atoms with Crippen LogP contribution in [-0.2, 0) is 6.42 Å². The van der Waals surface area contributed by atoms with Crippen LogP contribution < -0.4 is 5.32 Å². The molecule has 0 bridgehead atoms. The summed E-state index contributed by atoms with van der Waals surface area (Å²) in [6, 6.07) is 10.9. The zero-order chi connectivity index (χ0) is 13.9. The average Bonchev–Trinajstić information content (AvgIpc) is 2.90. The summed E-state index contributed by atoms with van der Waals surface area (Å²) in [6.07, 6.45) is 4.57. The fourth-order valence-corrected chi connectivity index (χ4v) is 2.36. The van der Waals surface area contributed by atoms with Gasteiger partial charge in [0, 0.05) is 18.9 Å². The van der Waals surface area contributed by atoms with Crippen molar-refractivity contribution in [3.63, 3.8) is 0 Å². The van der Waals surface area contributed by atoms with Crippen molar-refractivity contribution in [2.24, 2.45) is 0 Å². The average molecular weight is 269 g/mol. The van der Waals surface area contributed by atoms with Crippen LogP contribution in [0.3, 0.4) is 0 Å². The third kappa shape index (κ3) is 2.50. The lowest BCUT2D eigenvalue weighted by atomic mass is 10.1. The van der Waals surface area contributed by atoms with Crippen molar-refractivity contribution >= 4 is 11.5 Å². The van der Waals surface area contributed by atoms with Crippen molar-refractivity contribution in [1.82, 2.24) is 9.38 Å². The topological polar surface area (TPSA) is 29.3 Å². The van der Waals surface area contributed by atoms with E-state index in [-0.39, 0.29) is 5.82 Å². The molecule has 3 rings (SSSR count). The first-order valence-corrected chi connectivity index (χ1v) is 6.65. The number of rotatable bonds is 4. The van der Waals surface area contributed by atoms with Gasteiger partial charge in [0.1, 0.15) is 17.3 Å². The van der Waals surface area contributed by atoms with E-state index >= 15 is 0 Å². The third-order valence-corrected chi connectivity index (χ3v) is 3.43. The first-order chi connectivity index (χ1) is 9.74. The number of halogens is 1. The van der Waals surface area contributed by atoms with Gasteiger partial charge in [-0.15, -0.1) is 0 Å². The first-order valence-electron chi connectivity index (χ1n) is 6.65. The highest BCUT2D eigenvalue weighted by Crippen LogP contribution is 2.13. The molecule has 0 radical (unpaired) electrons. The molecule has 0 atom stereocenters. The van der Waals surface area contributed by atoms with E-state index in [0.717, 1.165) is 35.6 Å². The zero-order valence-corrected chi connectivity index (χ0v) is 11.3. The number of nitrogens with zero attached hydrogens (tertiary/aromatic N) is 2. The summed E-state index contributed by atoms with van der Waals surface area (Å²) in [5.74, 6) is 0.835. The van der Waals surface area contributed by atoms with Gasteiger partial charge in [-0.3, -0.25) is 4.40 Å². The molecule has 0 amide bonds. The number of hydrogen-bond acceptors (Lipinski definition) is 2. The SMILES string of the molecule is Cc1cc(F)ccc1CCNc1cccc2nccn12. The molecular weight excluding hydrogens is 253 g/mol. The normalized spacial score (nSPS) is 10.9. The minimum absolute atomic E-state index is 0.178. The van der Waals surface area contributed by atoms with Crippen LogP contribution >= 0.6 is 0 Å². The summed E-state index contributed by atoms with van der Waals surface area (Å²) in [7, 11) is 0. The van der Waals surface area contributed by atoms with Crippen molar-refractivity contribution in [3.05, 3.63) is 65.7 Å². The van der Waals surface area contributed by atoms with Crippen molar-refractivity contribution in [2.45, 2.75) is 13.3 Å². The summed E-state index contributed by atoms with van der Waals surface area (Å²) in [6.45, 7) is 2.73. The van der Waals surface area contributed by atoms with Gasteiger partial charge in [0.25, 0.3) is 0 Å². The van der Waals surface area contributed by atoms with E-state index in [1.165, 1.54) is 6.07 Å². The maximum atomic E-state index is 13.0. The molecule has 0 spiro atoms. The van der Waals surface area contributed by atoms with E-state index in [2.05, 4.69) is 10.3 Å². The Morgan fingerprint density at radius 1 is 1.25 bits per heavy atom. The third-order valence-electron chi connectivity index (χ3n) is 3.43. The summed E-state index contributed by atoms with van der Waals surface area (Å²) in [5, 5.41) is 3.39. The summed E-state index contributed by atoms with van der Waals surface area (Å²) < 4.78 is 15.1. The van der Waals surface area contributed by atoms with E-state index in [4.69, 9.17) is 0 Å². The lowest BCUT2D eigenvalue weighted by molar-refractivity contribution is 0.625. The van der Waals surface area contributed by atoms with Crippen LogP contribution in [0.4, 0.5) is 10.2 Å². The molecule has 3 nitrogen and oxygen atoms in total. The van der Waals surface area contributed by atoms with Gasteiger partial charge in [-0.25, -0.2) is 9.37 Å². The maximum Gasteiger partial charge on any atom is 0.138 e. The second-order valence-electron chi connectivity index (χ2n) is 4.81. The van der Waals surface area contributed by atoms with Gasteiger partial charge in [0.05, 0.1) is 0 Å². The van der Waals surface area contributed by atoms with E-state index in [9.17, 15) is 4.39 Å². The Morgan fingerprint density at radius 3 is 3.00 bits per heavy atom. The van der Waals surface area contributed by atoms with Crippen LogP contribution in [-0.4, -0.2) is 15.9 Å². The number of anilines is 1. The largest absolute Gasteiger partial charge is 0.371 e. The second kappa shape index (κ2) is 5.33. The van der Waals surface area contributed by atoms with Crippen LogP contribution in [0.2, 0.25) is 0 Å². The molecule has 0 aliphatic heterocycles. The molecule has 0 unspecified atom stereocenters. The highest BCUT2D eigenvalue weighted by atomic mass is 19.1. The Hall–Kier alpha value is -2.36. The van der Waals surface area contributed by atoms with Gasteiger partial charge in [0.15, 0.2) is 0 Å². The number of hydrogen-bond donors (Lipinski definition) is 1. The smallest absolute Gasteiger partial charge is 0.138 e. The highest BCUT2D eigenvalue weighted by molar-refractivity contribution is 5.49. The molecule has 2 heterocycles. The number of nitrogens with one attached hydrogen (secondary N) is 1. The van der Waals surface area contributed by atoms with Crippen LogP contribution in [0.1, 0.15) is 11.1 Å². The lowest BCUT2D eigenvalue weighted by Gasteiger charge is -2.10. The Kier molecular flexibility index (Phi) is 3.37. The molecular formula is C16H16FN3.